The van der Waals surface area contributed by atoms with E-state index in [0.717, 1.165) is 55.1 Å². The van der Waals surface area contributed by atoms with Gasteiger partial charge >= 0.3 is 0 Å². The van der Waals surface area contributed by atoms with Gasteiger partial charge in [-0.15, -0.1) is 0 Å². The molecule has 0 unspecified atom stereocenters. The minimum absolute atomic E-state index is 0.0345. The van der Waals surface area contributed by atoms with Crippen molar-refractivity contribution in [2.75, 3.05) is 13.1 Å². The number of carbonyl (C=O) groups excluding carboxylic acids is 1. The van der Waals surface area contributed by atoms with E-state index in [4.69, 9.17) is 0 Å². The van der Waals surface area contributed by atoms with Crippen LogP contribution in [0.25, 0.3) is 11.8 Å². The van der Waals surface area contributed by atoms with Crippen molar-refractivity contribution >= 4 is 12.0 Å². The van der Waals surface area contributed by atoms with Crippen molar-refractivity contribution in [1.29, 1.82) is 0 Å². The Morgan fingerprint density at radius 2 is 1.68 bits per heavy atom. The number of nitrogens with zero attached hydrogens (tertiary/aromatic N) is 3. The van der Waals surface area contributed by atoms with Gasteiger partial charge in [0.2, 0.25) is 5.91 Å². The zero-order chi connectivity index (χ0) is 21.6. The Hall–Kier alpha value is -3.18. The fourth-order valence-corrected chi connectivity index (χ4v) is 4.20. The fraction of sp³-hybridized carbons (Fsp3) is 0.308. The fourth-order valence-electron chi connectivity index (χ4n) is 4.20. The molecule has 4 rings (SSSR count). The number of rotatable bonds is 6. The zero-order valence-electron chi connectivity index (χ0n) is 18.3. The van der Waals surface area contributed by atoms with Crippen LogP contribution in [-0.4, -0.2) is 39.7 Å². The van der Waals surface area contributed by atoms with Crippen molar-refractivity contribution in [2.45, 2.75) is 39.3 Å². The highest BCUT2D eigenvalue weighted by Crippen LogP contribution is 2.19. The Morgan fingerprint density at radius 3 is 2.35 bits per heavy atom. The van der Waals surface area contributed by atoms with Crippen LogP contribution in [0.4, 0.5) is 0 Å². The molecule has 5 heteroatoms. The summed E-state index contributed by atoms with van der Waals surface area (Å²) >= 11 is 0. The maximum absolute atomic E-state index is 12.5. The normalized spacial score (nSPS) is 15.4. The Kier molecular flexibility index (Phi) is 6.63. The second-order valence-corrected chi connectivity index (χ2v) is 8.21. The second kappa shape index (κ2) is 9.75. The summed E-state index contributed by atoms with van der Waals surface area (Å²) in [7, 11) is 0. The van der Waals surface area contributed by atoms with Crippen LogP contribution in [0.1, 0.15) is 35.4 Å². The molecular weight excluding hydrogens is 384 g/mol. The number of para-hydroxylation sites is 1. The Balaban J connectivity index is 1.31. The van der Waals surface area contributed by atoms with Crippen LogP contribution in [-0.2, 0) is 11.3 Å². The molecule has 5 nitrogen and oxygen atoms in total. The highest BCUT2D eigenvalue weighted by molar-refractivity contribution is 5.92. The van der Waals surface area contributed by atoms with Gasteiger partial charge in [-0.2, -0.15) is 5.10 Å². The van der Waals surface area contributed by atoms with Crippen molar-refractivity contribution in [2.24, 2.45) is 0 Å². The van der Waals surface area contributed by atoms with Gasteiger partial charge < -0.3 is 5.32 Å². The van der Waals surface area contributed by atoms with Gasteiger partial charge in [-0.3, -0.25) is 9.69 Å². The maximum atomic E-state index is 12.5. The van der Waals surface area contributed by atoms with E-state index >= 15 is 0 Å². The number of likely N-dealkylation sites (tertiary alicyclic amines) is 1. The number of piperidine rings is 1. The first-order valence-electron chi connectivity index (χ1n) is 11.0. The molecule has 2 heterocycles. The Labute approximate surface area is 184 Å². The first-order chi connectivity index (χ1) is 15.1. The van der Waals surface area contributed by atoms with Crippen molar-refractivity contribution < 1.29 is 4.79 Å². The van der Waals surface area contributed by atoms with Crippen molar-refractivity contribution in [3.05, 3.63) is 89.3 Å². The topological polar surface area (TPSA) is 50.2 Å². The van der Waals surface area contributed by atoms with Crippen LogP contribution in [0, 0.1) is 13.8 Å². The van der Waals surface area contributed by atoms with Crippen LogP contribution in [0.3, 0.4) is 0 Å². The van der Waals surface area contributed by atoms with Gasteiger partial charge in [0.25, 0.3) is 0 Å². The SMILES string of the molecule is Cc1nn(-c2ccccc2)c(C)c1/C=C/C(=O)NC1CCN(Cc2ccccc2)CC1. The van der Waals surface area contributed by atoms with Crippen LogP contribution in [0.5, 0.6) is 0 Å². The molecule has 3 aromatic rings. The molecule has 1 aliphatic heterocycles. The van der Waals surface area contributed by atoms with Crippen LogP contribution < -0.4 is 5.32 Å². The smallest absolute Gasteiger partial charge is 0.244 e. The van der Waals surface area contributed by atoms with Gasteiger partial charge in [0, 0.05) is 43.0 Å². The average molecular weight is 415 g/mol. The number of benzene rings is 2. The lowest BCUT2D eigenvalue weighted by Crippen LogP contribution is -2.43. The number of aromatic nitrogens is 2. The van der Waals surface area contributed by atoms with Gasteiger partial charge in [-0.05, 0) is 50.5 Å². The number of amides is 1. The van der Waals surface area contributed by atoms with E-state index in [1.807, 2.05) is 54.9 Å². The lowest BCUT2D eigenvalue weighted by Gasteiger charge is -2.32. The Morgan fingerprint density at radius 1 is 1.03 bits per heavy atom. The molecular formula is C26H30N4O. The van der Waals surface area contributed by atoms with Crippen molar-refractivity contribution in [1.82, 2.24) is 20.0 Å². The van der Waals surface area contributed by atoms with E-state index < -0.39 is 0 Å². The summed E-state index contributed by atoms with van der Waals surface area (Å²) in [6.45, 7) is 7.00. The molecule has 160 valence electrons. The van der Waals surface area contributed by atoms with Gasteiger partial charge in [-0.1, -0.05) is 48.5 Å². The summed E-state index contributed by atoms with van der Waals surface area (Å²) in [5.41, 5.74) is 5.31. The van der Waals surface area contributed by atoms with Gasteiger partial charge in [0.15, 0.2) is 0 Å². The maximum Gasteiger partial charge on any atom is 0.244 e. The van der Waals surface area contributed by atoms with Crippen molar-refractivity contribution in [3.8, 4) is 5.69 Å². The molecule has 0 saturated carbocycles. The standard InChI is InChI=1S/C26H30N4O/c1-20-25(21(2)30(28-20)24-11-7-4-8-12-24)13-14-26(31)27-23-15-17-29(18-16-23)19-22-9-5-3-6-10-22/h3-14,23H,15-19H2,1-2H3,(H,27,31)/b14-13+. The van der Waals surface area contributed by atoms with E-state index in [0.29, 0.717) is 0 Å². The predicted molar refractivity (Wildman–Crippen MR) is 125 cm³/mol. The van der Waals surface area contributed by atoms with E-state index in [-0.39, 0.29) is 11.9 Å². The molecule has 1 aromatic heterocycles. The molecule has 0 spiro atoms. The average Bonchev–Trinajstić information content (AvgIpc) is 3.08. The van der Waals surface area contributed by atoms with Gasteiger partial charge in [0.1, 0.15) is 0 Å². The zero-order valence-corrected chi connectivity index (χ0v) is 18.3. The van der Waals surface area contributed by atoms with Crippen molar-refractivity contribution in [3.63, 3.8) is 0 Å². The molecule has 1 N–H and O–H groups in total. The molecule has 0 bridgehead atoms. The largest absolute Gasteiger partial charge is 0.350 e. The van der Waals surface area contributed by atoms with Crippen LogP contribution >= 0.6 is 0 Å². The predicted octanol–water partition coefficient (Wildman–Crippen LogP) is 4.28. The molecule has 0 aliphatic carbocycles. The van der Waals surface area contributed by atoms with Crippen LogP contribution in [0.2, 0.25) is 0 Å². The van der Waals surface area contributed by atoms with E-state index in [1.54, 1.807) is 6.08 Å². The second-order valence-electron chi connectivity index (χ2n) is 8.21. The number of aryl methyl sites for hydroxylation is 1. The van der Waals surface area contributed by atoms with Gasteiger partial charge in [0.05, 0.1) is 11.4 Å². The third-order valence-corrected chi connectivity index (χ3v) is 5.93. The summed E-state index contributed by atoms with van der Waals surface area (Å²) in [6, 6.07) is 20.8. The quantitative estimate of drug-likeness (QED) is 0.613. The molecule has 1 fully saturated rings. The lowest BCUT2D eigenvalue weighted by molar-refractivity contribution is -0.117. The Bertz CT molecular complexity index is 1030. The first kappa shape index (κ1) is 21.1. The number of carbonyl (C=O) groups is 1. The highest BCUT2D eigenvalue weighted by Gasteiger charge is 2.20. The minimum Gasteiger partial charge on any atom is -0.350 e. The monoisotopic (exact) mass is 414 g/mol. The number of hydrogen-bond donors (Lipinski definition) is 1. The molecule has 1 amide bonds. The summed E-state index contributed by atoms with van der Waals surface area (Å²) in [6.07, 6.45) is 5.49. The lowest BCUT2D eigenvalue weighted by atomic mass is 10.0. The van der Waals surface area contributed by atoms with E-state index in [9.17, 15) is 4.79 Å². The third-order valence-electron chi connectivity index (χ3n) is 5.93. The van der Waals surface area contributed by atoms with Crippen LogP contribution in [0.15, 0.2) is 66.7 Å². The summed E-state index contributed by atoms with van der Waals surface area (Å²) < 4.78 is 1.93. The molecule has 0 atom stereocenters. The molecule has 0 radical (unpaired) electrons. The molecule has 1 saturated heterocycles. The van der Waals surface area contributed by atoms with E-state index in [1.165, 1.54) is 5.56 Å². The number of nitrogens with one attached hydrogen (secondary N) is 1. The van der Waals surface area contributed by atoms with Gasteiger partial charge in [-0.25, -0.2) is 4.68 Å². The summed E-state index contributed by atoms with van der Waals surface area (Å²) in [5, 5.41) is 7.82. The summed E-state index contributed by atoms with van der Waals surface area (Å²) in [4.78, 5) is 15.0. The molecule has 31 heavy (non-hydrogen) atoms. The number of hydrogen-bond acceptors (Lipinski definition) is 3. The minimum atomic E-state index is -0.0345. The third kappa shape index (κ3) is 5.30. The first-order valence-corrected chi connectivity index (χ1v) is 11.0. The highest BCUT2D eigenvalue weighted by atomic mass is 16.1. The molecule has 1 aliphatic rings. The van der Waals surface area contributed by atoms with E-state index in [2.05, 4.69) is 45.6 Å². The summed E-state index contributed by atoms with van der Waals surface area (Å²) in [5.74, 6) is -0.0345. The molecule has 2 aromatic carbocycles.